The minimum absolute atomic E-state index is 0.113. The molecule has 0 atom stereocenters. The van der Waals surface area contributed by atoms with Crippen molar-refractivity contribution in [2.75, 3.05) is 11.1 Å². The van der Waals surface area contributed by atoms with Crippen molar-refractivity contribution in [2.45, 2.75) is 6.92 Å². The second kappa shape index (κ2) is 5.01. The summed E-state index contributed by atoms with van der Waals surface area (Å²) in [5.74, 6) is -0.370. The molecule has 0 aliphatic carbocycles. The number of nitrogens with two attached hydrogens (primary N) is 1. The summed E-state index contributed by atoms with van der Waals surface area (Å²) in [7, 11) is 0. The molecule has 2 aromatic rings. The van der Waals surface area contributed by atoms with Gasteiger partial charge in [0, 0.05) is 5.69 Å². The maximum absolute atomic E-state index is 12.0. The van der Waals surface area contributed by atoms with Gasteiger partial charge in [0.25, 0.3) is 5.91 Å². The number of nitrogen functional groups attached to an aromatic ring is 1. The predicted molar refractivity (Wildman–Crippen MR) is 70.6 cm³/mol. The van der Waals surface area contributed by atoms with E-state index in [4.69, 9.17) is 17.3 Å². The third kappa shape index (κ3) is 2.75. The zero-order chi connectivity index (χ0) is 13.1. The summed E-state index contributed by atoms with van der Waals surface area (Å²) >= 11 is 5.84. The van der Waals surface area contributed by atoms with Crippen molar-refractivity contribution in [1.82, 2.24) is 9.97 Å². The van der Waals surface area contributed by atoms with Crippen LogP contribution in [0.2, 0.25) is 5.15 Å². The van der Waals surface area contributed by atoms with Crippen molar-refractivity contribution in [2.24, 2.45) is 0 Å². The molecule has 0 aliphatic rings. The zero-order valence-electron chi connectivity index (χ0n) is 9.64. The van der Waals surface area contributed by atoms with E-state index in [0.717, 1.165) is 5.69 Å². The standard InChI is InChI=1S/C12H11ClN4O/c1-7-2-3-9(6-15-7)17-12(18)10-4-8(14)5-16-11(10)13/h2-6H,14H2,1H3,(H,17,18). The molecule has 0 spiro atoms. The Bertz CT molecular complexity index is 583. The van der Waals surface area contributed by atoms with Crippen molar-refractivity contribution in [3.8, 4) is 0 Å². The molecule has 92 valence electrons. The van der Waals surface area contributed by atoms with E-state index in [1.807, 2.05) is 6.92 Å². The first-order valence-corrected chi connectivity index (χ1v) is 5.59. The van der Waals surface area contributed by atoms with E-state index in [-0.39, 0.29) is 16.6 Å². The van der Waals surface area contributed by atoms with Crippen LogP contribution in [0.25, 0.3) is 0 Å². The number of hydrogen-bond donors (Lipinski definition) is 2. The zero-order valence-corrected chi connectivity index (χ0v) is 10.4. The number of anilines is 2. The van der Waals surface area contributed by atoms with Gasteiger partial charge in [-0.05, 0) is 25.1 Å². The van der Waals surface area contributed by atoms with E-state index in [2.05, 4.69) is 15.3 Å². The summed E-state index contributed by atoms with van der Waals surface area (Å²) in [5, 5.41) is 2.78. The van der Waals surface area contributed by atoms with Crippen LogP contribution in [0.5, 0.6) is 0 Å². The van der Waals surface area contributed by atoms with E-state index in [9.17, 15) is 4.79 Å². The largest absolute Gasteiger partial charge is 0.397 e. The second-order valence-electron chi connectivity index (χ2n) is 3.75. The number of pyridine rings is 2. The van der Waals surface area contributed by atoms with Gasteiger partial charge < -0.3 is 11.1 Å². The van der Waals surface area contributed by atoms with Crippen LogP contribution < -0.4 is 11.1 Å². The number of nitrogens with one attached hydrogen (secondary N) is 1. The molecular formula is C12H11ClN4O. The summed E-state index contributed by atoms with van der Waals surface area (Å²) in [4.78, 5) is 19.9. The minimum atomic E-state index is -0.370. The number of amides is 1. The van der Waals surface area contributed by atoms with Gasteiger partial charge in [-0.15, -0.1) is 0 Å². The van der Waals surface area contributed by atoms with Gasteiger partial charge in [-0.2, -0.15) is 0 Å². The first kappa shape index (κ1) is 12.3. The normalized spacial score (nSPS) is 10.1. The lowest BCUT2D eigenvalue weighted by Gasteiger charge is -2.06. The van der Waals surface area contributed by atoms with Crippen LogP contribution in [0.3, 0.4) is 0 Å². The Hall–Kier alpha value is -2.14. The fourth-order valence-corrected chi connectivity index (χ4v) is 1.55. The minimum Gasteiger partial charge on any atom is -0.397 e. The highest BCUT2D eigenvalue weighted by Gasteiger charge is 2.12. The van der Waals surface area contributed by atoms with Gasteiger partial charge in [-0.3, -0.25) is 9.78 Å². The summed E-state index contributed by atoms with van der Waals surface area (Å²) in [6.07, 6.45) is 2.97. The molecule has 0 aliphatic heterocycles. The highest BCUT2D eigenvalue weighted by atomic mass is 35.5. The van der Waals surface area contributed by atoms with Crippen LogP contribution in [-0.2, 0) is 0 Å². The molecule has 2 rings (SSSR count). The number of carbonyl (C=O) groups excluding carboxylic acids is 1. The number of aryl methyl sites for hydroxylation is 1. The van der Waals surface area contributed by atoms with E-state index in [1.165, 1.54) is 12.3 Å². The molecule has 0 bridgehead atoms. The Labute approximate surface area is 109 Å². The predicted octanol–water partition coefficient (Wildman–Crippen LogP) is 2.27. The second-order valence-corrected chi connectivity index (χ2v) is 4.11. The number of halogens is 1. The molecule has 0 unspecified atom stereocenters. The summed E-state index contributed by atoms with van der Waals surface area (Å²) in [6, 6.07) is 5.04. The maximum Gasteiger partial charge on any atom is 0.258 e. The van der Waals surface area contributed by atoms with Crippen LogP contribution in [-0.4, -0.2) is 15.9 Å². The van der Waals surface area contributed by atoms with Crippen molar-refractivity contribution in [1.29, 1.82) is 0 Å². The Balaban J connectivity index is 2.21. The van der Waals surface area contributed by atoms with Crippen molar-refractivity contribution in [3.05, 3.63) is 47.0 Å². The van der Waals surface area contributed by atoms with Gasteiger partial charge in [0.05, 0.1) is 29.3 Å². The Morgan fingerprint density at radius 2 is 2.11 bits per heavy atom. The smallest absolute Gasteiger partial charge is 0.258 e. The van der Waals surface area contributed by atoms with E-state index in [1.54, 1.807) is 18.3 Å². The lowest BCUT2D eigenvalue weighted by molar-refractivity contribution is 0.102. The Morgan fingerprint density at radius 3 is 2.78 bits per heavy atom. The van der Waals surface area contributed by atoms with Gasteiger partial charge in [-0.1, -0.05) is 11.6 Å². The van der Waals surface area contributed by atoms with Gasteiger partial charge >= 0.3 is 0 Å². The highest BCUT2D eigenvalue weighted by Crippen LogP contribution is 2.17. The molecule has 6 heteroatoms. The lowest BCUT2D eigenvalue weighted by atomic mass is 10.2. The van der Waals surface area contributed by atoms with E-state index >= 15 is 0 Å². The van der Waals surface area contributed by atoms with Crippen LogP contribution in [0.15, 0.2) is 30.6 Å². The third-order valence-electron chi connectivity index (χ3n) is 2.27. The molecule has 3 N–H and O–H groups in total. The summed E-state index contributed by atoms with van der Waals surface area (Å²) in [5.41, 5.74) is 7.64. The molecule has 5 nitrogen and oxygen atoms in total. The first-order valence-electron chi connectivity index (χ1n) is 5.21. The average molecular weight is 263 g/mol. The molecular weight excluding hydrogens is 252 g/mol. The number of aromatic nitrogens is 2. The molecule has 0 saturated carbocycles. The molecule has 0 saturated heterocycles. The van der Waals surface area contributed by atoms with Gasteiger partial charge in [0.2, 0.25) is 0 Å². The number of nitrogens with zero attached hydrogens (tertiary/aromatic N) is 2. The molecule has 1 amide bonds. The van der Waals surface area contributed by atoms with Gasteiger partial charge in [0.1, 0.15) is 5.15 Å². The molecule has 2 heterocycles. The van der Waals surface area contributed by atoms with Crippen molar-refractivity contribution < 1.29 is 4.79 Å². The van der Waals surface area contributed by atoms with E-state index < -0.39 is 0 Å². The van der Waals surface area contributed by atoms with Gasteiger partial charge in [-0.25, -0.2) is 4.98 Å². The fraction of sp³-hybridized carbons (Fsp3) is 0.0833. The van der Waals surface area contributed by atoms with Crippen LogP contribution in [0.1, 0.15) is 16.1 Å². The monoisotopic (exact) mass is 262 g/mol. The Morgan fingerprint density at radius 1 is 1.33 bits per heavy atom. The van der Waals surface area contributed by atoms with Crippen molar-refractivity contribution in [3.63, 3.8) is 0 Å². The number of rotatable bonds is 2. The quantitative estimate of drug-likeness (QED) is 0.814. The van der Waals surface area contributed by atoms with E-state index in [0.29, 0.717) is 11.4 Å². The molecule has 0 fully saturated rings. The molecule has 0 radical (unpaired) electrons. The Kier molecular flexibility index (Phi) is 3.43. The van der Waals surface area contributed by atoms with Crippen LogP contribution in [0, 0.1) is 6.92 Å². The topological polar surface area (TPSA) is 80.9 Å². The maximum atomic E-state index is 12.0. The molecule has 18 heavy (non-hydrogen) atoms. The summed E-state index contributed by atoms with van der Waals surface area (Å²) < 4.78 is 0. The van der Waals surface area contributed by atoms with Crippen LogP contribution >= 0.6 is 11.6 Å². The SMILES string of the molecule is Cc1ccc(NC(=O)c2cc(N)cnc2Cl)cn1. The lowest BCUT2D eigenvalue weighted by Crippen LogP contribution is -2.13. The highest BCUT2D eigenvalue weighted by molar-refractivity contribution is 6.33. The molecule has 0 aromatic carbocycles. The van der Waals surface area contributed by atoms with Crippen LogP contribution in [0.4, 0.5) is 11.4 Å². The summed E-state index contributed by atoms with van der Waals surface area (Å²) in [6.45, 7) is 1.87. The average Bonchev–Trinajstić information content (AvgIpc) is 2.35. The fourth-order valence-electron chi connectivity index (χ4n) is 1.36. The third-order valence-corrected chi connectivity index (χ3v) is 2.58. The molecule has 2 aromatic heterocycles. The number of hydrogen-bond acceptors (Lipinski definition) is 4. The van der Waals surface area contributed by atoms with Gasteiger partial charge in [0.15, 0.2) is 0 Å². The van der Waals surface area contributed by atoms with Crippen molar-refractivity contribution >= 4 is 28.9 Å². The first-order chi connectivity index (χ1) is 8.56. The number of carbonyl (C=O) groups is 1.